The first-order chi connectivity index (χ1) is 7.84. The Bertz CT molecular complexity index is 549. The number of aryl methyl sites for hydroxylation is 1. The van der Waals surface area contributed by atoms with Gasteiger partial charge in [0.2, 0.25) is 0 Å². The Kier molecular flexibility index (Phi) is 2.03. The predicted molar refractivity (Wildman–Crippen MR) is 60.1 cm³/mol. The lowest BCUT2D eigenvalue weighted by Crippen LogP contribution is -1.99. The van der Waals surface area contributed by atoms with Gasteiger partial charge in [-0.15, -0.1) is 0 Å². The summed E-state index contributed by atoms with van der Waals surface area (Å²) in [6, 6.07) is 9.71. The van der Waals surface area contributed by atoms with E-state index in [1.54, 1.807) is 6.20 Å². The van der Waals surface area contributed by atoms with Gasteiger partial charge in [-0.25, -0.2) is 9.97 Å². The molecule has 1 aromatic heterocycles. The van der Waals surface area contributed by atoms with Gasteiger partial charge >= 0.3 is 0 Å². The zero-order valence-electron chi connectivity index (χ0n) is 8.68. The monoisotopic (exact) mass is 210 g/mol. The molecule has 0 atom stereocenters. The number of rotatable bonds is 1. The summed E-state index contributed by atoms with van der Waals surface area (Å²) in [4.78, 5) is 20.2. The smallest absolute Gasteiger partial charge is 0.181 e. The third kappa shape index (κ3) is 1.41. The third-order valence-electron chi connectivity index (χ3n) is 2.78. The van der Waals surface area contributed by atoms with Crippen LogP contribution in [0.2, 0.25) is 0 Å². The normalized spacial score (nSPS) is 13.9. The molecule has 1 heterocycles. The molecule has 0 radical (unpaired) electrons. The summed E-state index contributed by atoms with van der Waals surface area (Å²) < 4.78 is 0. The quantitative estimate of drug-likeness (QED) is 0.725. The molecule has 0 fully saturated rings. The summed E-state index contributed by atoms with van der Waals surface area (Å²) in [5.74, 6) is 0.768. The maximum atomic E-state index is 11.6. The molecule has 0 aliphatic heterocycles. The molecular weight excluding hydrogens is 200 g/mol. The van der Waals surface area contributed by atoms with Crippen molar-refractivity contribution in [1.29, 1.82) is 0 Å². The van der Waals surface area contributed by atoms with Crippen molar-refractivity contribution < 1.29 is 4.79 Å². The average Bonchev–Trinajstić information content (AvgIpc) is 2.72. The van der Waals surface area contributed by atoms with Crippen molar-refractivity contribution in [3.05, 3.63) is 47.8 Å². The summed E-state index contributed by atoms with van der Waals surface area (Å²) in [5, 5.41) is 0. The van der Waals surface area contributed by atoms with E-state index in [4.69, 9.17) is 0 Å². The van der Waals surface area contributed by atoms with Gasteiger partial charge in [0.1, 0.15) is 5.69 Å². The maximum Gasteiger partial charge on any atom is 0.181 e. The van der Waals surface area contributed by atoms with Gasteiger partial charge in [-0.1, -0.05) is 30.3 Å². The minimum Gasteiger partial charge on any atom is -0.292 e. The number of carbonyl (C=O) groups excluding carboxylic acids is 1. The molecule has 3 heteroatoms. The van der Waals surface area contributed by atoms with Crippen LogP contribution in [0.25, 0.3) is 11.4 Å². The average molecular weight is 210 g/mol. The molecule has 1 aromatic carbocycles. The maximum absolute atomic E-state index is 11.6. The Hall–Kier alpha value is -2.03. The summed E-state index contributed by atoms with van der Waals surface area (Å²) in [6.45, 7) is 0. The lowest BCUT2D eigenvalue weighted by atomic mass is 10.2. The van der Waals surface area contributed by atoms with Crippen LogP contribution in [0.1, 0.15) is 22.5 Å². The summed E-state index contributed by atoms with van der Waals surface area (Å²) in [7, 11) is 0. The van der Waals surface area contributed by atoms with Crippen molar-refractivity contribution in [1.82, 2.24) is 9.97 Å². The number of hydrogen-bond donors (Lipinski definition) is 0. The number of hydrogen-bond acceptors (Lipinski definition) is 3. The van der Waals surface area contributed by atoms with Crippen LogP contribution in [0.3, 0.4) is 0 Å². The molecule has 78 valence electrons. The lowest BCUT2D eigenvalue weighted by Gasteiger charge is -2.01. The van der Waals surface area contributed by atoms with Crippen LogP contribution < -0.4 is 0 Å². The minimum atomic E-state index is 0.134. The minimum absolute atomic E-state index is 0.134. The highest BCUT2D eigenvalue weighted by molar-refractivity contribution is 5.98. The molecule has 0 saturated heterocycles. The van der Waals surface area contributed by atoms with E-state index < -0.39 is 0 Å². The topological polar surface area (TPSA) is 42.9 Å². The molecule has 1 aliphatic carbocycles. The van der Waals surface area contributed by atoms with Gasteiger partial charge in [0, 0.05) is 23.7 Å². The molecule has 3 nitrogen and oxygen atoms in total. The molecule has 0 unspecified atom stereocenters. The summed E-state index contributed by atoms with van der Waals surface area (Å²) in [5.41, 5.74) is 2.53. The van der Waals surface area contributed by atoms with E-state index in [0.29, 0.717) is 17.9 Å². The fraction of sp³-hybridized carbons (Fsp3) is 0.154. The van der Waals surface area contributed by atoms with E-state index in [1.165, 1.54) is 0 Å². The van der Waals surface area contributed by atoms with Crippen LogP contribution in [0, 0.1) is 0 Å². The number of aromatic nitrogens is 2. The fourth-order valence-electron chi connectivity index (χ4n) is 1.92. The van der Waals surface area contributed by atoms with Gasteiger partial charge in [-0.3, -0.25) is 4.79 Å². The standard InChI is InChI=1S/C13H10N2O/c16-11-7-6-10-8-14-13(15-12(10)11)9-4-2-1-3-5-9/h1-5,8H,6-7H2. The third-order valence-corrected chi connectivity index (χ3v) is 2.78. The van der Waals surface area contributed by atoms with Crippen LogP contribution in [0.5, 0.6) is 0 Å². The SMILES string of the molecule is O=C1CCc2cnc(-c3ccccc3)nc21. The number of benzene rings is 1. The highest BCUT2D eigenvalue weighted by Gasteiger charge is 2.22. The Morgan fingerprint density at radius 1 is 1.06 bits per heavy atom. The Morgan fingerprint density at radius 2 is 1.88 bits per heavy atom. The van der Waals surface area contributed by atoms with Crippen LogP contribution in [0.15, 0.2) is 36.5 Å². The van der Waals surface area contributed by atoms with Crippen LogP contribution in [-0.2, 0) is 6.42 Å². The van der Waals surface area contributed by atoms with Gasteiger partial charge in [-0.2, -0.15) is 0 Å². The second-order valence-corrected chi connectivity index (χ2v) is 3.86. The van der Waals surface area contributed by atoms with Gasteiger partial charge in [0.15, 0.2) is 11.6 Å². The van der Waals surface area contributed by atoms with Crippen molar-refractivity contribution in [2.75, 3.05) is 0 Å². The van der Waals surface area contributed by atoms with Crippen LogP contribution >= 0.6 is 0 Å². The van der Waals surface area contributed by atoms with E-state index >= 15 is 0 Å². The van der Waals surface area contributed by atoms with E-state index in [-0.39, 0.29) is 5.78 Å². The molecule has 0 spiro atoms. The largest absolute Gasteiger partial charge is 0.292 e. The first kappa shape index (κ1) is 9.21. The molecule has 0 saturated carbocycles. The van der Waals surface area contributed by atoms with E-state index in [9.17, 15) is 4.79 Å². The number of Topliss-reactive ketones (excluding diaryl/α,β-unsaturated/α-hetero) is 1. The van der Waals surface area contributed by atoms with Crippen molar-refractivity contribution in [3.8, 4) is 11.4 Å². The lowest BCUT2D eigenvalue weighted by molar-refractivity contribution is 0.0990. The molecule has 3 rings (SSSR count). The second kappa shape index (κ2) is 3.52. The molecule has 1 aliphatic rings. The van der Waals surface area contributed by atoms with Gasteiger partial charge in [0.25, 0.3) is 0 Å². The van der Waals surface area contributed by atoms with E-state index in [1.807, 2.05) is 30.3 Å². The van der Waals surface area contributed by atoms with Gasteiger partial charge < -0.3 is 0 Å². The Balaban J connectivity index is 2.11. The number of carbonyl (C=O) groups is 1. The molecule has 16 heavy (non-hydrogen) atoms. The molecular formula is C13H10N2O. The van der Waals surface area contributed by atoms with Crippen molar-refractivity contribution in [3.63, 3.8) is 0 Å². The van der Waals surface area contributed by atoms with E-state index in [2.05, 4.69) is 9.97 Å². The van der Waals surface area contributed by atoms with Crippen molar-refractivity contribution in [2.45, 2.75) is 12.8 Å². The van der Waals surface area contributed by atoms with Crippen LogP contribution in [0.4, 0.5) is 0 Å². The molecule has 0 N–H and O–H groups in total. The van der Waals surface area contributed by atoms with Crippen LogP contribution in [-0.4, -0.2) is 15.8 Å². The molecule has 0 bridgehead atoms. The van der Waals surface area contributed by atoms with Crippen molar-refractivity contribution in [2.24, 2.45) is 0 Å². The zero-order chi connectivity index (χ0) is 11.0. The highest BCUT2D eigenvalue weighted by atomic mass is 16.1. The number of ketones is 1. The summed E-state index contributed by atoms with van der Waals surface area (Å²) in [6.07, 6.45) is 3.13. The van der Waals surface area contributed by atoms with Crippen molar-refractivity contribution >= 4 is 5.78 Å². The number of nitrogens with zero attached hydrogens (tertiary/aromatic N) is 2. The van der Waals surface area contributed by atoms with E-state index in [0.717, 1.165) is 17.5 Å². The summed E-state index contributed by atoms with van der Waals surface area (Å²) >= 11 is 0. The Labute approximate surface area is 93.2 Å². The van der Waals surface area contributed by atoms with Gasteiger partial charge in [0.05, 0.1) is 0 Å². The molecule has 2 aromatic rings. The molecule has 0 amide bonds. The Morgan fingerprint density at radius 3 is 2.69 bits per heavy atom. The first-order valence-corrected chi connectivity index (χ1v) is 5.29. The van der Waals surface area contributed by atoms with Gasteiger partial charge in [-0.05, 0) is 6.42 Å². The predicted octanol–water partition coefficient (Wildman–Crippen LogP) is 2.27. The first-order valence-electron chi connectivity index (χ1n) is 5.29. The second-order valence-electron chi connectivity index (χ2n) is 3.86. The highest BCUT2D eigenvalue weighted by Crippen LogP contribution is 2.22. The number of fused-ring (bicyclic) bond motifs is 1. The fourth-order valence-corrected chi connectivity index (χ4v) is 1.92. The zero-order valence-corrected chi connectivity index (χ0v) is 8.68.